The molecule has 5 heteroatoms. The highest BCUT2D eigenvalue weighted by molar-refractivity contribution is 5.84. The number of fused-ring (bicyclic) bond motifs is 2. The molecule has 28 heavy (non-hydrogen) atoms. The lowest BCUT2D eigenvalue weighted by Gasteiger charge is -2.42. The monoisotopic (exact) mass is 378 g/mol. The molecule has 1 aliphatic heterocycles. The molecule has 0 radical (unpaired) electrons. The number of rotatable bonds is 4. The number of H-pyrrole nitrogens is 1. The smallest absolute Gasteiger partial charge is 0.248 e. The molecule has 0 saturated heterocycles. The zero-order valence-electron chi connectivity index (χ0n) is 16.5. The van der Waals surface area contributed by atoms with E-state index in [4.69, 9.17) is 4.74 Å². The Bertz CT molecular complexity index is 1060. The van der Waals surface area contributed by atoms with Gasteiger partial charge in [0.2, 0.25) is 5.56 Å². The Labute approximate surface area is 164 Å². The lowest BCUT2D eigenvalue weighted by atomic mass is 9.85. The molecule has 1 aliphatic rings. The predicted octanol–water partition coefficient (Wildman–Crippen LogP) is 3.24. The lowest BCUT2D eigenvalue weighted by molar-refractivity contribution is -0.0642. The lowest BCUT2D eigenvalue weighted by Crippen LogP contribution is -2.52. The number of aryl methyl sites for hydroxylation is 1. The number of hydrogen-bond donors (Lipinski definition) is 3. The Morgan fingerprint density at radius 1 is 1.18 bits per heavy atom. The van der Waals surface area contributed by atoms with Crippen molar-refractivity contribution in [1.29, 1.82) is 0 Å². The van der Waals surface area contributed by atoms with E-state index in [1.807, 2.05) is 51.1 Å². The second-order valence-corrected chi connectivity index (χ2v) is 8.07. The molecule has 4 rings (SSSR count). The molecule has 0 fully saturated rings. The summed E-state index contributed by atoms with van der Waals surface area (Å²) in [5.74, 6) is 0.746. The minimum Gasteiger partial charge on any atom is -0.485 e. The van der Waals surface area contributed by atoms with Crippen molar-refractivity contribution in [3.8, 4) is 5.75 Å². The highest BCUT2D eigenvalue weighted by Gasteiger charge is 2.42. The normalized spacial score (nSPS) is 20.6. The van der Waals surface area contributed by atoms with Crippen LogP contribution in [0.2, 0.25) is 0 Å². The number of pyridine rings is 1. The number of ether oxygens (including phenoxy) is 1. The van der Waals surface area contributed by atoms with E-state index in [0.29, 0.717) is 0 Å². The van der Waals surface area contributed by atoms with Crippen molar-refractivity contribution in [3.05, 3.63) is 75.6 Å². The summed E-state index contributed by atoms with van der Waals surface area (Å²) in [6.45, 7) is 6.44. The molecule has 0 spiro atoms. The fraction of sp³-hybridized carbons (Fsp3) is 0.348. The molecule has 0 bridgehead atoms. The minimum absolute atomic E-state index is 0.129. The maximum Gasteiger partial charge on any atom is 0.248 e. The fourth-order valence-electron chi connectivity index (χ4n) is 3.95. The van der Waals surface area contributed by atoms with Gasteiger partial charge in [-0.05, 0) is 57.0 Å². The summed E-state index contributed by atoms with van der Waals surface area (Å²) in [6.07, 6.45) is 0.147. The highest BCUT2D eigenvalue weighted by Crippen LogP contribution is 2.41. The molecule has 2 atom stereocenters. The molecule has 0 aliphatic carbocycles. The van der Waals surface area contributed by atoms with Gasteiger partial charge < -0.3 is 20.1 Å². The van der Waals surface area contributed by atoms with Crippen LogP contribution < -0.4 is 15.6 Å². The first-order valence-corrected chi connectivity index (χ1v) is 9.67. The van der Waals surface area contributed by atoms with Gasteiger partial charge in [-0.1, -0.05) is 30.3 Å². The van der Waals surface area contributed by atoms with E-state index in [1.54, 1.807) is 6.07 Å². The molecule has 2 aromatic carbocycles. The summed E-state index contributed by atoms with van der Waals surface area (Å²) in [7, 11) is 0. The maximum absolute atomic E-state index is 11.9. The predicted molar refractivity (Wildman–Crippen MR) is 111 cm³/mol. The Balaban J connectivity index is 1.69. The van der Waals surface area contributed by atoms with E-state index in [9.17, 15) is 9.90 Å². The van der Waals surface area contributed by atoms with Crippen molar-refractivity contribution in [2.45, 2.75) is 44.9 Å². The van der Waals surface area contributed by atoms with Crippen LogP contribution >= 0.6 is 0 Å². The van der Waals surface area contributed by atoms with E-state index in [1.165, 1.54) is 5.56 Å². The fourth-order valence-corrected chi connectivity index (χ4v) is 3.95. The summed E-state index contributed by atoms with van der Waals surface area (Å²) in [5, 5.41) is 15.4. The number of aromatic amines is 1. The Hall–Kier alpha value is -2.63. The van der Waals surface area contributed by atoms with Gasteiger partial charge >= 0.3 is 0 Å². The van der Waals surface area contributed by atoms with Gasteiger partial charge in [0.25, 0.3) is 0 Å². The van der Waals surface area contributed by atoms with Crippen LogP contribution in [0.5, 0.6) is 5.75 Å². The standard InChI is InChI=1S/C23H26N2O3/c1-14-11-20(26)25-18-12-17-19(13-16(14)18)28-23(2,3)22(27)21(17)24-10-9-15-7-5-4-6-8-15/h4-8,11-13,21-22,24,27H,9-10H2,1-3H3,(H,25,26). The van der Waals surface area contributed by atoms with Crippen LogP contribution in [0, 0.1) is 6.92 Å². The first-order valence-electron chi connectivity index (χ1n) is 9.67. The van der Waals surface area contributed by atoms with Crippen molar-refractivity contribution >= 4 is 10.9 Å². The van der Waals surface area contributed by atoms with Crippen molar-refractivity contribution in [2.75, 3.05) is 6.54 Å². The van der Waals surface area contributed by atoms with Crippen molar-refractivity contribution in [3.63, 3.8) is 0 Å². The van der Waals surface area contributed by atoms with Crippen molar-refractivity contribution in [1.82, 2.24) is 10.3 Å². The largest absolute Gasteiger partial charge is 0.485 e. The summed E-state index contributed by atoms with van der Waals surface area (Å²) >= 11 is 0. The third-order valence-electron chi connectivity index (χ3n) is 5.54. The van der Waals surface area contributed by atoms with Crippen LogP contribution in [0.3, 0.4) is 0 Å². The van der Waals surface area contributed by atoms with E-state index < -0.39 is 11.7 Å². The van der Waals surface area contributed by atoms with Gasteiger partial charge in [-0.15, -0.1) is 0 Å². The second kappa shape index (κ2) is 7.08. The van der Waals surface area contributed by atoms with Crippen LogP contribution in [0.25, 0.3) is 10.9 Å². The molecule has 3 aromatic rings. The third-order valence-corrected chi connectivity index (χ3v) is 5.54. The third kappa shape index (κ3) is 3.43. The molecule has 0 saturated carbocycles. The molecule has 3 N–H and O–H groups in total. The molecule has 0 amide bonds. The molecule has 146 valence electrons. The van der Waals surface area contributed by atoms with Crippen LogP contribution in [-0.4, -0.2) is 28.3 Å². The summed E-state index contributed by atoms with van der Waals surface area (Å²) in [6, 6.07) is 15.5. The Morgan fingerprint density at radius 3 is 2.68 bits per heavy atom. The van der Waals surface area contributed by atoms with Gasteiger partial charge in [-0.25, -0.2) is 0 Å². The molecule has 2 heterocycles. The van der Waals surface area contributed by atoms with Crippen LogP contribution in [-0.2, 0) is 6.42 Å². The SMILES string of the molecule is Cc1cc(=O)[nH]c2cc3c(cc12)OC(C)(C)C(O)C3NCCc1ccccc1. The number of aliphatic hydroxyl groups is 1. The molecular weight excluding hydrogens is 352 g/mol. The van der Waals surface area contributed by atoms with Gasteiger partial charge in [-0.3, -0.25) is 4.79 Å². The Morgan fingerprint density at radius 2 is 1.93 bits per heavy atom. The van der Waals surface area contributed by atoms with Gasteiger partial charge in [0.05, 0.1) is 6.04 Å². The molecule has 5 nitrogen and oxygen atoms in total. The summed E-state index contributed by atoms with van der Waals surface area (Å²) in [4.78, 5) is 14.8. The molecule has 1 aromatic heterocycles. The van der Waals surface area contributed by atoms with Crippen molar-refractivity contribution < 1.29 is 9.84 Å². The maximum atomic E-state index is 11.9. The van der Waals surface area contributed by atoms with E-state index in [-0.39, 0.29) is 11.6 Å². The van der Waals surface area contributed by atoms with Gasteiger partial charge in [0, 0.05) is 22.5 Å². The van der Waals surface area contributed by atoms with E-state index in [2.05, 4.69) is 22.4 Å². The van der Waals surface area contributed by atoms with Crippen molar-refractivity contribution in [2.24, 2.45) is 0 Å². The van der Waals surface area contributed by atoms with Crippen LogP contribution in [0.1, 0.15) is 36.6 Å². The minimum atomic E-state index is -0.721. The first-order chi connectivity index (χ1) is 13.3. The Kier molecular flexibility index (Phi) is 4.73. The van der Waals surface area contributed by atoms with E-state index >= 15 is 0 Å². The number of aromatic nitrogens is 1. The quantitative estimate of drug-likeness (QED) is 0.652. The highest BCUT2D eigenvalue weighted by atomic mass is 16.5. The summed E-state index contributed by atoms with van der Waals surface area (Å²) in [5.41, 5.74) is 2.93. The zero-order chi connectivity index (χ0) is 19.9. The first kappa shape index (κ1) is 18.7. The molecular formula is C23H26N2O3. The van der Waals surface area contributed by atoms with Gasteiger partial charge in [0.1, 0.15) is 17.5 Å². The van der Waals surface area contributed by atoms with Crippen LogP contribution in [0.15, 0.2) is 53.3 Å². The topological polar surface area (TPSA) is 74.4 Å². The van der Waals surface area contributed by atoms with E-state index in [0.717, 1.165) is 40.7 Å². The second-order valence-electron chi connectivity index (χ2n) is 8.07. The van der Waals surface area contributed by atoms with Crippen LogP contribution in [0.4, 0.5) is 0 Å². The summed E-state index contributed by atoms with van der Waals surface area (Å²) < 4.78 is 6.14. The number of hydrogen-bond acceptors (Lipinski definition) is 4. The van der Waals surface area contributed by atoms with Gasteiger partial charge in [-0.2, -0.15) is 0 Å². The number of nitrogens with one attached hydrogen (secondary N) is 2. The number of aliphatic hydroxyl groups excluding tert-OH is 1. The zero-order valence-corrected chi connectivity index (χ0v) is 16.5. The van der Waals surface area contributed by atoms with Gasteiger partial charge in [0.15, 0.2) is 0 Å². The molecule has 2 unspecified atom stereocenters. The average molecular weight is 378 g/mol. The number of benzene rings is 2. The average Bonchev–Trinajstić information content (AvgIpc) is 2.65.